The van der Waals surface area contributed by atoms with Gasteiger partial charge in [0.25, 0.3) is 0 Å². The number of aliphatic hydroxyl groups is 1. The Hall–Kier alpha value is -3.24. The molecule has 0 spiro atoms. The van der Waals surface area contributed by atoms with Gasteiger partial charge in [-0.2, -0.15) is 5.26 Å². The normalized spacial score (nSPS) is 12.6. The van der Waals surface area contributed by atoms with Crippen LogP contribution in [0.5, 0.6) is 0 Å². The Labute approximate surface area is 213 Å². The summed E-state index contributed by atoms with van der Waals surface area (Å²) in [5.74, 6) is 0.881. The zero-order valence-electron chi connectivity index (χ0n) is 19.4. The van der Waals surface area contributed by atoms with Crippen molar-refractivity contribution < 1.29 is 9.32 Å². The highest BCUT2D eigenvalue weighted by atomic mass is 32.2. The minimum atomic E-state index is -1.19. The molecule has 0 radical (unpaired) electrons. The highest BCUT2D eigenvalue weighted by Crippen LogP contribution is 2.34. The number of benzene rings is 3. The number of nitrogens with zero attached hydrogens (tertiary/aromatic N) is 2. The minimum Gasteiger partial charge on any atom is -0.391 e. The molecule has 0 saturated carbocycles. The second kappa shape index (κ2) is 11.9. The van der Waals surface area contributed by atoms with Gasteiger partial charge in [-0.1, -0.05) is 90.5 Å². The molecule has 4 aromatic rings. The average molecular weight is 499 g/mol. The van der Waals surface area contributed by atoms with E-state index in [1.54, 1.807) is 0 Å². The fourth-order valence-electron chi connectivity index (χ4n) is 3.71. The molecular formula is C29H26N2O2S2. The Morgan fingerprint density at radius 1 is 0.971 bits per heavy atom. The molecule has 4 nitrogen and oxygen atoms in total. The second-order valence-corrected chi connectivity index (χ2v) is 10.8. The number of aryl methyl sites for hydroxylation is 1. The third kappa shape index (κ3) is 6.67. The van der Waals surface area contributed by atoms with Crippen LogP contribution in [0, 0.1) is 18.3 Å². The van der Waals surface area contributed by atoms with Gasteiger partial charge in [0.2, 0.25) is 0 Å². The van der Waals surface area contributed by atoms with E-state index < -0.39 is 16.9 Å². The predicted octanol–water partition coefficient (Wildman–Crippen LogP) is 6.00. The summed E-state index contributed by atoms with van der Waals surface area (Å²) in [6, 6.07) is 31.8. The molecule has 35 heavy (non-hydrogen) atoms. The molecule has 0 aliphatic rings. The summed E-state index contributed by atoms with van der Waals surface area (Å²) in [6.45, 7) is 2.04. The summed E-state index contributed by atoms with van der Waals surface area (Å²) in [5.41, 5.74) is 6.10. The van der Waals surface area contributed by atoms with Crippen LogP contribution in [-0.2, 0) is 16.6 Å². The molecule has 0 aliphatic carbocycles. The van der Waals surface area contributed by atoms with Crippen molar-refractivity contribution in [2.24, 2.45) is 0 Å². The molecule has 0 aliphatic heterocycles. The largest absolute Gasteiger partial charge is 0.391 e. The van der Waals surface area contributed by atoms with Crippen LogP contribution in [0.4, 0.5) is 0 Å². The number of hydrogen-bond donors (Lipinski definition) is 1. The molecule has 1 N–H and O–H groups in total. The maximum absolute atomic E-state index is 12.5. The van der Waals surface area contributed by atoms with Crippen LogP contribution in [0.25, 0.3) is 22.4 Å². The summed E-state index contributed by atoms with van der Waals surface area (Å²) in [4.78, 5) is 4.80. The molecular weight excluding hydrogens is 472 g/mol. The van der Waals surface area contributed by atoms with Crippen LogP contribution in [0.2, 0.25) is 0 Å². The monoisotopic (exact) mass is 498 g/mol. The highest BCUT2D eigenvalue weighted by Gasteiger charge is 2.18. The van der Waals surface area contributed by atoms with E-state index in [1.165, 1.54) is 11.8 Å². The summed E-state index contributed by atoms with van der Waals surface area (Å²) in [7, 11) is -1.19. The van der Waals surface area contributed by atoms with Gasteiger partial charge in [-0.25, -0.2) is 4.98 Å². The minimum absolute atomic E-state index is 0.174. The van der Waals surface area contributed by atoms with E-state index in [0.29, 0.717) is 22.1 Å². The lowest BCUT2D eigenvalue weighted by Gasteiger charge is -2.14. The zero-order valence-corrected chi connectivity index (χ0v) is 21.1. The molecule has 6 heteroatoms. The average Bonchev–Trinajstić information content (AvgIpc) is 2.88. The fourth-order valence-corrected chi connectivity index (χ4v) is 6.02. The van der Waals surface area contributed by atoms with Crippen molar-refractivity contribution in [1.82, 2.24) is 4.98 Å². The zero-order chi connectivity index (χ0) is 24.6. The lowest BCUT2D eigenvalue weighted by atomic mass is 9.99. The molecule has 2 atom stereocenters. The lowest BCUT2D eigenvalue weighted by Crippen LogP contribution is -2.20. The predicted molar refractivity (Wildman–Crippen MR) is 144 cm³/mol. The van der Waals surface area contributed by atoms with E-state index >= 15 is 0 Å². The molecule has 0 saturated heterocycles. The maximum Gasteiger partial charge on any atom is 0.115 e. The van der Waals surface area contributed by atoms with Crippen LogP contribution < -0.4 is 0 Å². The first-order valence-corrected chi connectivity index (χ1v) is 13.8. The van der Waals surface area contributed by atoms with Gasteiger partial charge < -0.3 is 5.11 Å². The van der Waals surface area contributed by atoms with Gasteiger partial charge in [0.05, 0.1) is 23.1 Å². The Balaban J connectivity index is 1.58. The smallest absolute Gasteiger partial charge is 0.115 e. The number of aromatic nitrogens is 1. The highest BCUT2D eigenvalue weighted by molar-refractivity contribution is 7.99. The van der Waals surface area contributed by atoms with E-state index in [1.807, 2.05) is 97.9 Å². The molecule has 1 aromatic heterocycles. The summed E-state index contributed by atoms with van der Waals surface area (Å²) in [5, 5.41) is 21.2. The van der Waals surface area contributed by atoms with E-state index in [9.17, 15) is 14.6 Å². The number of thioether (sulfide) groups is 1. The van der Waals surface area contributed by atoms with Gasteiger partial charge in [0.15, 0.2) is 0 Å². The van der Waals surface area contributed by atoms with Gasteiger partial charge in [-0.15, -0.1) is 11.8 Å². The Morgan fingerprint density at radius 3 is 2.29 bits per heavy atom. The summed E-state index contributed by atoms with van der Waals surface area (Å²) in [6.07, 6.45) is -0.777. The maximum atomic E-state index is 12.5. The number of rotatable bonds is 9. The van der Waals surface area contributed by atoms with E-state index in [4.69, 9.17) is 4.98 Å². The molecule has 4 rings (SSSR count). The van der Waals surface area contributed by atoms with Crippen molar-refractivity contribution in [2.45, 2.75) is 23.8 Å². The van der Waals surface area contributed by atoms with Gasteiger partial charge in [0.1, 0.15) is 11.1 Å². The van der Waals surface area contributed by atoms with Crippen LogP contribution in [-0.4, -0.2) is 31.9 Å². The Bertz CT molecular complexity index is 1340. The molecule has 3 aromatic carbocycles. The third-order valence-electron chi connectivity index (χ3n) is 5.49. The summed E-state index contributed by atoms with van der Waals surface area (Å²) >= 11 is 1.33. The van der Waals surface area contributed by atoms with Crippen molar-refractivity contribution in [3.05, 3.63) is 108 Å². The molecule has 176 valence electrons. The first kappa shape index (κ1) is 24.9. The fraction of sp³-hybridized carbons (Fsp3) is 0.172. The first-order chi connectivity index (χ1) is 17.0. The molecule has 0 fully saturated rings. The van der Waals surface area contributed by atoms with Crippen LogP contribution in [0.15, 0.2) is 96.0 Å². The van der Waals surface area contributed by atoms with Gasteiger partial charge in [-0.3, -0.25) is 4.21 Å². The lowest BCUT2D eigenvalue weighted by molar-refractivity contribution is 0.224. The number of pyridine rings is 1. The molecule has 0 bridgehead atoms. The van der Waals surface area contributed by atoms with Crippen molar-refractivity contribution in [1.29, 1.82) is 5.26 Å². The van der Waals surface area contributed by atoms with Gasteiger partial charge in [-0.05, 0) is 24.1 Å². The van der Waals surface area contributed by atoms with E-state index in [-0.39, 0.29) is 5.75 Å². The Kier molecular flexibility index (Phi) is 8.49. The van der Waals surface area contributed by atoms with Crippen LogP contribution in [0.1, 0.15) is 16.7 Å². The van der Waals surface area contributed by atoms with Crippen LogP contribution in [0.3, 0.4) is 0 Å². The number of aliphatic hydroxyl groups excluding tert-OH is 1. The van der Waals surface area contributed by atoms with Gasteiger partial charge >= 0.3 is 0 Å². The Morgan fingerprint density at radius 2 is 1.63 bits per heavy atom. The summed E-state index contributed by atoms with van der Waals surface area (Å²) < 4.78 is 12.5. The number of hydrogen-bond acceptors (Lipinski definition) is 5. The third-order valence-corrected chi connectivity index (χ3v) is 8.02. The van der Waals surface area contributed by atoms with Crippen molar-refractivity contribution in [2.75, 3.05) is 11.5 Å². The second-order valence-electron chi connectivity index (χ2n) is 8.28. The number of nitriles is 1. The first-order valence-electron chi connectivity index (χ1n) is 11.3. The SMILES string of the molecule is Cc1ccc(-c2cc(-c3ccccc3)c(C#N)c(SC[C@H](O)C[S@@](=O)Cc3ccccc3)n2)cc1. The van der Waals surface area contributed by atoms with E-state index in [2.05, 4.69) is 6.07 Å². The van der Waals surface area contributed by atoms with Crippen molar-refractivity contribution in [3.63, 3.8) is 0 Å². The quantitative estimate of drug-likeness (QED) is 0.287. The van der Waals surface area contributed by atoms with Crippen molar-refractivity contribution in [3.8, 4) is 28.5 Å². The standard InChI is InChI=1S/C29H26N2O2S2/c1-21-12-14-24(15-13-21)28-16-26(23-10-6-3-7-11-23)27(17-30)29(31-28)34-18-25(32)20-35(33)19-22-8-4-2-5-9-22/h2-16,25,32H,18-20H2,1H3/t25-,35-/m0/s1. The van der Waals surface area contributed by atoms with E-state index in [0.717, 1.165) is 33.5 Å². The molecule has 0 unspecified atom stereocenters. The van der Waals surface area contributed by atoms with Crippen LogP contribution >= 0.6 is 11.8 Å². The van der Waals surface area contributed by atoms with Crippen molar-refractivity contribution >= 4 is 22.6 Å². The topological polar surface area (TPSA) is 74.0 Å². The van der Waals surface area contributed by atoms with Gasteiger partial charge in [0, 0.05) is 33.4 Å². The molecule has 0 amide bonds. The molecule has 1 heterocycles.